The smallest absolute Gasteiger partial charge is 0.174 e. The van der Waals surface area contributed by atoms with Crippen molar-refractivity contribution in [3.05, 3.63) is 24.3 Å². The van der Waals surface area contributed by atoms with Crippen molar-refractivity contribution in [3.63, 3.8) is 0 Å². The van der Waals surface area contributed by atoms with Gasteiger partial charge in [-0.15, -0.1) is 0 Å². The Morgan fingerprint density at radius 1 is 1.50 bits per heavy atom. The maximum Gasteiger partial charge on any atom is 0.174 e. The van der Waals surface area contributed by atoms with E-state index in [2.05, 4.69) is 5.32 Å². The molecule has 4 heteroatoms. The molecule has 0 amide bonds. The molecular weight excluding hydrogens is 202 g/mol. The Bertz CT molecular complexity index is 393. The summed E-state index contributed by atoms with van der Waals surface area (Å²) in [5, 5.41) is 11.8. The van der Waals surface area contributed by atoms with Gasteiger partial charge in [-0.3, -0.25) is 0 Å². The number of hydrogen-bond donors (Lipinski definition) is 2. The van der Waals surface area contributed by atoms with Gasteiger partial charge in [-0.25, -0.2) is 0 Å². The standard InChI is InChI=1S/C12H15N3O/c13-4-5-16-12-3-1-2-10(8-12)15-11-6-9(14)7-11/h1-3,8-9,11,15H,5-7,14H2. The second kappa shape index (κ2) is 4.86. The van der Waals surface area contributed by atoms with E-state index in [4.69, 9.17) is 15.7 Å². The third kappa shape index (κ3) is 2.65. The second-order valence-corrected chi connectivity index (χ2v) is 4.05. The molecule has 16 heavy (non-hydrogen) atoms. The van der Waals surface area contributed by atoms with Crippen molar-refractivity contribution >= 4 is 5.69 Å². The van der Waals surface area contributed by atoms with Crippen molar-refractivity contribution in [2.75, 3.05) is 11.9 Å². The van der Waals surface area contributed by atoms with E-state index < -0.39 is 0 Å². The van der Waals surface area contributed by atoms with Gasteiger partial charge in [0.1, 0.15) is 11.8 Å². The predicted octanol–water partition coefficient (Wildman–Crippen LogP) is 1.49. The van der Waals surface area contributed by atoms with Gasteiger partial charge in [-0.1, -0.05) is 6.07 Å². The first-order valence-electron chi connectivity index (χ1n) is 5.40. The van der Waals surface area contributed by atoms with E-state index in [0.29, 0.717) is 12.1 Å². The minimum absolute atomic E-state index is 0.0811. The van der Waals surface area contributed by atoms with Crippen LogP contribution in [-0.2, 0) is 0 Å². The fourth-order valence-electron chi connectivity index (χ4n) is 1.81. The summed E-state index contributed by atoms with van der Waals surface area (Å²) in [6.45, 7) is 0.0811. The minimum Gasteiger partial charge on any atom is -0.479 e. The average Bonchev–Trinajstić information content (AvgIpc) is 2.25. The lowest BCUT2D eigenvalue weighted by molar-refractivity contribution is 0.366. The van der Waals surface area contributed by atoms with E-state index in [-0.39, 0.29) is 6.61 Å². The number of nitrogens with two attached hydrogens (primary N) is 1. The zero-order chi connectivity index (χ0) is 11.4. The number of ether oxygens (including phenoxy) is 1. The van der Waals surface area contributed by atoms with Gasteiger partial charge in [0.05, 0.1) is 0 Å². The summed E-state index contributed by atoms with van der Waals surface area (Å²) < 4.78 is 5.22. The Morgan fingerprint density at radius 2 is 2.31 bits per heavy atom. The van der Waals surface area contributed by atoms with Crippen LogP contribution in [0, 0.1) is 11.3 Å². The molecule has 0 unspecified atom stereocenters. The van der Waals surface area contributed by atoms with Crippen molar-refractivity contribution in [3.8, 4) is 11.8 Å². The average molecular weight is 217 g/mol. The number of benzene rings is 1. The predicted molar refractivity (Wildman–Crippen MR) is 62.2 cm³/mol. The lowest BCUT2D eigenvalue weighted by Gasteiger charge is -2.33. The molecule has 2 rings (SSSR count). The molecule has 0 radical (unpaired) electrons. The number of rotatable bonds is 4. The lowest BCUT2D eigenvalue weighted by atomic mass is 9.87. The molecule has 0 spiro atoms. The summed E-state index contributed by atoms with van der Waals surface area (Å²) in [7, 11) is 0. The summed E-state index contributed by atoms with van der Waals surface area (Å²) in [4.78, 5) is 0. The van der Waals surface area contributed by atoms with Gasteiger partial charge in [0, 0.05) is 23.8 Å². The van der Waals surface area contributed by atoms with Gasteiger partial charge < -0.3 is 15.8 Å². The first-order chi connectivity index (χ1) is 7.78. The van der Waals surface area contributed by atoms with Crippen LogP contribution < -0.4 is 15.8 Å². The van der Waals surface area contributed by atoms with Gasteiger partial charge in [-0.05, 0) is 25.0 Å². The molecule has 1 saturated carbocycles. The van der Waals surface area contributed by atoms with E-state index in [1.165, 1.54) is 0 Å². The maximum atomic E-state index is 8.41. The highest BCUT2D eigenvalue weighted by molar-refractivity contribution is 5.49. The van der Waals surface area contributed by atoms with Crippen molar-refractivity contribution in [2.24, 2.45) is 5.73 Å². The largest absolute Gasteiger partial charge is 0.479 e. The van der Waals surface area contributed by atoms with E-state index in [1.54, 1.807) is 0 Å². The molecule has 0 bridgehead atoms. The number of anilines is 1. The van der Waals surface area contributed by atoms with Gasteiger partial charge in [0.15, 0.2) is 6.61 Å². The third-order valence-electron chi connectivity index (χ3n) is 2.68. The normalized spacial score (nSPS) is 23.0. The van der Waals surface area contributed by atoms with E-state index in [1.807, 2.05) is 30.3 Å². The molecule has 1 aromatic rings. The van der Waals surface area contributed by atoms with E-state index in [9.17, 15) is 0 Å². The molecule has 1 aromatic carbocycles. The highest BCUT2D eigenvalue weighted by Gasteiger charge is 2.25. The first kappa shape index (κ1) is 10.8. The van der Waals surface area contributed by atoms with Crippen LogP contribution >= 0.6 is 0 Å². The summed E-state index contributed by atoms with van der Waals surface area (Å²) in [6.07, 6.45) is 2.03. The maximum absolute atomic E-state index is 8.41. The lowest BCUT2D eigenvalue weighted by Crippen LogP contribution is -2.44. The fraction of sp³-hybridized carbons (Fsp3) is 0.417. The molecule has 1 aliphatic carbocycles. The molecule has 0 heterocycles. The molecular formula is C12H15N3O. The van der Waals surface area contributed by atoms with Crippen molar-refractivity contribution in [1.82, 2.24) is 0 Å². The Balaban J connectivity index is 1.91. The van der Waals surface area contributed by atoms with Crippen LogP contribution in [-0.4, -0.2) is 18.7 Å². The number of nitrogens with zero attached hydrogens (tertiary/aromatic N) is 1. The van der Waals surface area contributed by atoms with Gasteiger partial charge in [-0.2, -0.15) is 5.26 Å². The summed E-state index contributed by atoms with van der Waals surface area (Å²) in [5.41, 5.74) is 6.74. The monoisotopic (exact) mass is 217 g/mol. The molecule has 1 fully saturated rings. The Morgan fingerprint density at radius 3 is 3.00 bits per heavy atom. The third-order valence-corrected chi connectivity index (χ3v) is 2.68. The summed E-state index contributed by atoms with van der Waals surface area (Å²) in [5.74, 6) is 0.718. The van der Waals surface area contributed by atoms with Crippen LogP contribution in [0.1, 0.15) is 12.8 Å². The van der Waals surface area contributed by atoms with E-state index >= 15 is 0 Å². The molecule has 4 nitrogen and oxygen atoms in total. The van der Waals surface area contributed by atoms with Crippen LogP contribution in [0.5, 0.6) is 5.75 Å². The minimum atomic E-state index is 0.0811. The summed E-state index contributed by atoms with van der Waals surface area (Å²) >= 11 is 0. The number of hydrogen-bond acceptors (Lipinski definition) is 4. The first-order valence-corrected chi connectivity index (χ1v) is 5.40. The quantitative estimate of drug-likeness (QED) is 0.801. The number of nitriles is 1. The van der Waals surface area contributed by atoms with Crippen LogP contribution in [0.4, 0.5) is 5.69 Å². The Hall–Kier alpha value is -1.73. The van der Waals surface area contributed by atoms with Crippen molar-refractivity contribution in [1.29, 1.82) is 5.26 Å². The number of nitrogens with one attached hydrogen (secondary N) is 1. The molecule has 84 valence electrons. The molecule has 3 N–H and O–H groups in total. The highest BCUT2D eigenvalue weighted by Crippen LogP contribution is 2.24. The van der Waals surface area contributed by atoms with Crippen molar-refractivity contribution in [2.45, 2.75) is 24.9 Å². The molecule has 0 aromatic heterocycles. The topological polar surface area (TPSA) is 71.1 Å². The van der Waals surface area contributed by atoms with Gasteiger partial charge >= 0.3 is 0 Å². The fourth-order valence-corrected chi connectivity index (χ4v) is 1.81. The van der Waals surface area contributed by atoms with Gasteiger partial charge in [0.2, 0.25) is 0 Å². The van der Waals surface area contributed by atoms with Crippen LogP contribution in [0.2, 0.25) is 0 Å². The molecule has 1 aliphatic rings. The molecule has 0 saturated heterocycles. The van der Waals surface area contributed by atoms with Crippen LogP contribution in [0.25, 0.3) is 0 Å². The Labute approximate surface area is 95.0 Å². The zero-order valence-electron chi connectivity index (χ0n) is 9.02. The SMILES string of the molecule is N#CCOc1cccc(NC2CC(N)C2)c1. The molecule has 0 atom stereocenters. The van der Waals surface area contributed by atoms with Crippen LogP contribution in [0.3, 0.4) is 0 Å². The Kier molecular flexibility index (Phi) is 3.28. The zero-order valence-corrected chi connectivity index (χ0v) is 9.02. The van der Waals surface area contributed by atoms with Crippen LogP contribution in [0.15, 0.2) is 24.3 Å². The summed E-state index contributed by atoms with van der Waals surface area (Å²) in [6, 6.07) is 10.4. The second-order valence-electron chi connectivity index (χ2n) is 4.05. The highest BCUT2D eigenvalue weighted by atomic mass is 16.5. The van der Waals surface area contributed by atoms with E-state index in [0.717, 1.165) is 24.3 Å². The van der Waals surface area contributed by atoms with Gasteiger partial charge in [0.25, 0.3) is 0 Å². The van der Waals surface area contributed by atoms with Crippen molar-refractivity contribution < 1.29 is 4.74 Å². The molecule has 0 aliphatic heterocycles.